The number of phenolic OH excluding ortho intramolecular Hbond substituents is 1. The van der Waals surface area contributed by atoms with Crippen molar-refractivity contribution in [3.63, 3.8) is 0 Å². The molecule has 1 N–H and O–H groups in total. The summed E-state index contributed by atoms with van der Waals surface area (Å²) in [6, 6.07) is 14.1. The van der Waals surface area contributed by atoms with Crippen molar-refractivity contribution in [3.8, 4) is 17.2 Å². The lowest BCUT2D eigenvalue weighted by molar-refractivity contribution is 0.423. The highest BCUT2D eigenvalue weighted by molar-refractivity contribution is 6.30. The number of phenols is 1. The average molecular weight is 287 g/mol. The van der Waals surface area contributed by atoms with Crippen molar-refractivity contribution in [2.75, 3.05) is 0 Å². The summed E-state index contributed by atoms with van der Waals surface area (Å²) in [4.78, 5) is 4.34. The Morgan fingerprint density at radius 1 is 1.00 bits per heavy atom. The van der Waals surface area contributed by atoms with Gasteiger partial charge in [-0.2, -0.15) is 4.98 Å². The Balaban J connectivity index is 1.80. The normalized spacial score (nSPS) is 10.7. The van der Waals surface area contributed by atoms with E-state index in [4.69, 9.17) is 16.1 Å². The minimum Gasteiger partial charge on any atom is -0.508 e. The standard InChI is InChI=1S/C15H11ClN2O2/c16-12-5-1-10(2-6-12)9-14-17-15(20-18-14)11-3-7-13(19)8-4-11/h1-8,19H,9H2. The third-order valence-electron chi connectivity index (χ3n) is 2.86. The first-order chi connectivity index (χ1) is 9.70. The Hall–Kier alpha value is -2.33. The zero-order chi connectivity index (χ0) is 13.9. The van der Waals surface area contributed by atoms with Crippen LogP contribution in [0.25, 0.3) is 11.5 Å². The molecule has 1 aromatic heterocycles. The molecule has 0 aliphatic heterocycles. The van der Waals surface area contributed by atoms with Crippen molar-refractivity contribution >= 4 is 11.6 Å². The predicted molar refractivity (Wildman–Crippen MR) is 75.7 cm³/mol. The average Bonchev–Trinajstić information content (AvgIpc) is 2.91. The van der Waals surface area contributed by atoms with E-state index in [0.29, 0.717) is 23.2 Å². The molecule has 0 saturated carbocycles. The van der Waals surface area contributed by atoms with Gasteiger partial charge in [0.2, 0.25) is 0 Å². The third kappa shape index (κ3) is 2.81. The second kappa shape index (κ2) is 5.35. The first kappa shape index (κ1) is 12.7. The van der Waals surface area contributed by atoms with Crippen molar-refractivity contribution in [1.29, 1.82) is 0 Å². The molecule has 4 nitrogen and oxygen atoms in total. The van der Waals surface area contributed by atoms with E-state index in [1.54, 1.807) is 24.3 Å². The minimum absolute atomic E-state index is 0.203. The van der Waals surface area contributed by atoms with Crippen LogP contribution >= 0.6 is 11.6 Å². The molecule has 3 rings (SSSR count). The molecule has 0 aliphatic rings. The van der Waals surface area contributed by atoms with Crippen LogP contribution in [0.4, 0.5) is 0 Å². The molecule has 1 heterocycles. The van der Waals surface area contributed by atoms with Crippen molar-refractivity contribution in [2.24, 2.45) is 0 Å². The highest BCUT2D eigenvalue weighted by Crippen LogP contribution is 2.21. The van der Waals surface area contributed by atoms with Crippen molar-refractivity contribution < 1.29 is 9.63 Å². The maximum atomic E-state index is 9.25. The largest absolute Gasteiger partial charge is 0.508 e. The first-order valence-corrected chi connectivity index (χ1v) is 6.45. The van der Waals surface area contributed by atoms with Gasteiger partial charge in [-0.15, -0.1) is 0 Å². The van der Waals surface area contributed by atoms with Crippen molar-refractivity contribution in [3.05, 3.63) is 64.9 Å². The van der Waals surface area contributed by atoms with Gasteiger partial charge in [0.15, 0.2) is 5.82 Å². The van der Waals surface area contributed by atoms with Gasteiger partial charge in [0.1, 0.15) is 5.75 Å². The van der Waals surface area contributed by atoms with Crippen molar-refractivity contribution in [1.82, 2.24) is 10.1 Å². The van der Waals surface area contributed by atoms with Gasteiger partial charge in [0.05, 0.1) is 0 Å². The zero-order valence-electron chi connectivity index (χ0n) is 10.5. The predicted octanol–water partition coefficient (Wildman–Crippen LogP) is 3.69. The molecule has 0 unspecified atom stereocenters. The van der Waals surface area contributed by atoms with Gasteiger partial charge in [-0.1, -0.05) is 28.9 Å². The molecular formula is C15H11ClN2O2. The highest BCUT2D eigenvalue weighted by atomic mass is 35.5. The number of rotatable bonds is 3. The Kier molecular flexibility index (Phi) is 3.39. The molecule has 5 heteroatoms. The van der Waals surface area contributed by atoms with E-state index >= 15 is 0 Å². The van der Waals surface area contributed by atoms with Crippen LogP contribution in [0, 0.1) is 0 Å². The molecule has 100 valence electrons. The Morgan fingerprint density at radius 3 is 2.40 bits per heavy atom. The number of aromatic nitrogens is 2. The van der Waals surface area contributed by atoms with Crippen molar-refractivity contribution in [2.45, 2.75) is 6.42 Å². The lowest BCUT2D eigenvalue weighted by Crippen LogP contribution is -1.90. The SMILES string of the molecule is Oc1ccc(-c2nc(Cc3ccc(Cl)cc3)no2)cc1. The van der Waals surface area contributed by atoms with Crippen LogP contribution < -0.4 is 0 Å². The summed E-state index contributed by atoms with van der Waals surface area (Å²) in [6.07, 6.45) is 0.582. The number of nitrogens with zero attached hydrogens (tertiary/aromatic N) is 2. The Bertz CT molecular complexity index is 705. The molecular weight excluding hydrogens is 276 g/mol. The maximum Gasteiger partial charge on any atom is 0.257 e. The molecule has 0 aliphatic carbocycles. The summed E-state index contributed by atoms with van der Waals surface area (Å²) in [6.45, 7) is 0. The van der Waals surface area contributed by atoms with Gasteiger partial charge in [0.25, 0.3) is 5.89 Å². The quantitative estimate of drug-likeness (QED) is 0.798. The molecule has 20 heavy (non-hydrogen) atoms. The fourth-order valence-electron chi connectivity index (χ4n) is 1.83. The Labute approximate surface area is 120 Å². The summed E-state index contributed by atoms with van der Waals surface area (Å²) >= 11 is 5.84. The number of halogens is 1. The monoisotopic (exact) mass is 286 g/mol. The van der Waals surface area contributed by atoms with E-state index in [0.717, 1.165) is 11.1 Å². The van der Waals surface area contributed by atoms with Crippen LogP contribution in [-0.4, -0.2) is 15.2 Å². The van der Waals surface area contributed by atoms with Gasteiger partial charge < -0.3 is 9.63 Å². The topological polar surface area (TPSA) is 59.2 Å². The summed E-state index contributed by atoms with van der Waals surface area (Å²) in [5.41, 5.74) is 1.84. The van der Waals surface area contributed by atoms with E-state index in [-0.39, 0.29) is 5.75 Å². The first-order valence-electron chi connectivity index (χ1n) is 6.07. The second-order valence-electron chi connectivity index (χ2n) is 4.37. The van der Waals surface area contributed by atoms with Crippen LogP contribution in [0.1, 0.15) is 11.4 Å². The summed E-state index contributed by atoms with van der Waals surface area (Å²) in [7, 11) is 0. The molecule has 0 atom stereocenters. The molecule has 0 fully saturated rings. The molecule has 3 aromatic rings. The fourth-order valence-corrected chi connectivity index (χ4v) is 1.96. The van der Waals surface area contributed by atoms with Crippen LogP contribution in [0.15, 0.2) is 53.1 Å². The van der Waals surface area contributed by atoms with Gasteiger partial charge >= 0.3 is 0 Å². The van der Waals surface area contributed by atoms with E-state index in [9.17, 15) is 5.11 Å². The highest BCUT2D eigenvalue weighted by Gasteiger charge is 2.09. The molecule has 0 spiro atoms. The van der Waals surface area contributed by atoms with E-state index in [1.807, 2.05) is 24.3 Å². The van der Waals surface area contributed by atoms with E-state index in [2.05, 4.69) is 10.1 Å². The second-order valence-corrected chi connectivity index (χ2v) is 4.80. The van der Waals surface area contributed by atoms with Crippen LogP contribution in [0.3, 0.4) is 0 Å². The van der Waals surface area contributed by atoms with Crippen LogP contribution in [-0.2, 0) is 6.42 Å². The van der Waals surface area contributed by atoms with Gasteiger partial charge in [0, 0.05) is 17.0 Å². The fraction of sp³-hybridized carbons (Fsp3) is 0.0667. The Morgan fingerprint density at radius 2 is 1.70 bits per heavy atom. The molecule has 0 radical (unpaired) electrons. The maximum absolute atomic E-state index is 9.25. The number of benzene rings is 2. The lowest BCUT2D eigenvalue weighted by Gasteiger charge is -1.96. The third-order valence-corrected chi connectivity index (χ3v) is 3.11. The number of hydrogen-bond acceptors (Lipinski definition) is 4. The lowest BCUT2D eigenvalue weighted by atomic mass is 10.1. The molecule has 0 bridgehead atoms. The summed E-state index contributed by atoms with van der Waals surface area (Å²) < 4.78 is 5.22. The van der Waals surface area contributed by atoms with Gasteiger partial charge in [-0.05, 0) is 42.0 Å². The number of aromatic hydroxyl groups is 1. The summed E-state index contributed by atoms with van der Waals surface area (Å²) in [5.74, 6) is 1.25. The van der Waals surface area contributed by atoms with Gasteiger partial charge in [-0.25, -0.2) is 0 Å². The van der Waals surface area contributed by atoms with Gasteiger partial charge in [-0.3, -0.25) is 0 Å². The summed E-state index contributed by atoms with van der Waals surface area (Å²) in [5, 5.41) is 13.9. The van der Waals surface area contributed by atoms with Crippen LogP contribution in [0.2, 0.25) is 5.02 Å². The van der Waals surface area contributed by atoms with E-state index in [1.165, 1.54) is 0 Å². The zero-order valence-corrected chi connectivity index (χ0v) is 11.2. The smallest absolute Gasteiger partial charge is 0.257 e. The number of hydrogen-bond donors (Lipinski definition) is 1. The van der Waals surface area contributed by atoms with Crippen LogP contribution in [0.5, 0.6) is 5.75 Å². The van der Waals surface area contributed by atoms with E-state index < -0.39 is 0 Å². The molecule has 0 amide bonds. The molecule has 2 aromatic carbocycles. The minimum atomic E-state index is 0.203. The molecule has 0 saturated heterocycles.